The Labute approximate surface area is 204 Å². The minimum Gasteiger partial charge on any atom is -0.507 e. The van der Waals surface area contributed by atoms with Crippen molar-refractivity contribution in [2.45, 2.75) is 20.4 Å². The van der Waals surface area contributed by atoms with Crippen LogP contribution in [0.3, 0.4) is 0 Å². The lowest BCUT2D eigenvalue weighted by atomic mass is 9.99. The highest BCUT2D eigenvalue weighted by Gasteiger charge is 2.34. The first-order valence-electron chi connectivity index (χ1n) is 11.5. The second-order valence-corrected chi connectivity index (χ2v) is 8.38. The lowest BCUT2D eigenvalue weighted by Gasteiger charge is -2.34. The van der Waals surface area contributed by atoms with E-state index in [1.807, 2.05) is 6.07 Å². The summed E-state index contributed by atoms with van der Waals surface area (Å²) < 4.78 is 22.0. The number of amides is 1. The fourth-order valence-electron chi connectivity index (χ4n) is 4.43. The van der Waals surface area contributed by atoms with Crippen molar-refractivity contribution in [3.63, 3.8) is 0 Å². The van der Waals surface area contributed by atoms with Crippen molar-refractivity contribution in [2.24, 2.45) is 0 Å². The summed E-state index contributed by atoms with van der Waals surface area (Å²) in [7, 11) is 3.08. The van der Waals surface area contributed by atoms with Crippen LogP contribution in [0.2, 0.25) is 0 Å². The monoisotopic (exact) mass is 482 g/mol. The number of hydrogen-bond donors (Lipinski definition) is 1. The van der Waals surface area contributed by atoms with Crippen LogP contribution in [0.4, 0.5) is 4.79 Å². The van der Waals surface area contributed by atoms with Crippen LogP contribution in [-0.2, 0) is 11.3 Å². The van der Waals surface area contributed by atoms with Crippen LogP contribution in [0.25, 0.3) is 6.08 Å². The third kappa shape index (κ3) is 4.77. The average Bonchev–Trinajstić information content (AvgIpc) is 3.18. The van der Waals surface area contributed by atoms with Crippen LogP contribution in [0.5, 0.6) is 23.0 Å². The minimum atomic E-state index is -0.317. The Morgan fingerprint density at radius 1 is 1.17 bits per heavy atom. The molecule has 2 aliphatic rings. The molecular formula is C26H30N2O7. The minimum absolute atomic E-state index is 0.0714. The smallest absolute Gasteiger partial charge is 0.409 e. The van der Waals surface area contributed by atoms with Gasteiger partial charge in [-0.2, -0.15) is 0 Å². The molecule has 0 aliphatic carbocycles. The molecule has 0 radical (unpaired) electrons. The number of piperazine rings is 1. The SMILES string of the molecule is CCOC(=O)N1CCN(Cc2c(O)cc(C)c3c2O/C(=C/c2cccc(OC)c2OC)C3=O)CC1. The molecule has 1 fully saturated rings. The molecule has 2 aromatic rings. The number of aryl methyl sites for hydroxylation is 1. The van der Waals surface area contributed by atoms with E-state index in [1.165, 1.54) is 7.11 Å². The molecule has 0 spiro atoms. The number of aromatic hydroxyl groups is 1. The summed E-state index contributed by atoms with van der Waals surface area (Å²) in [6.07, 6.45) is 1.31. The zero-order valence-corrected chi connectivity index (χ0v) is 20.4. The van der Waals surface area contributed by atoms with E-state index in [0.29, 0.717) is 78.8 Å². The molecule has 0 saturated carbocycles. The number of allylic oxidation sites excluding steroid dienone is 1. The number of phenols is 1. The molecule has 0 aromatic heterocycles. The summed E-state index contributed by atoms with van der Waals surface area (Å²) in [6, 6.07) is 6.98. The molecule has 4 rings (SSSR count). The molecule has 9 heteroatoms. The first-order valence-corrected chi connectivity index (χ1v) is 11.5. The maximum absolute atomic E-state index is 13.3. The normalized spacial score (nSPS) is 16.7. The molecule has 0 bridgehead atoms. The second kappa shape index (κ2) is 10.3. The van der Waals surface area contributed by atoms with Crippen molar-refractivity contribution in [1.29, 1.82) is 0 Å². The van der Waals surface area contributed by atoms with Gasteiger partial charge in [-0.25, -0.2) is 4.79 Å². The van der Waals surface area contributed by atoms with E-state index >= 15 is 0 Å². The fraction of sp³-hybridized carbons (Fsp3) is 0.385. The van der Waals surface area contributed by atoms with Gasteiger partial charge in [0.25, 0.3) is 0 Å². The number of fused-ring (bicyclic) bond motifs is 1. The molecule has 9 nitrogen and oxygen atoms in total. The van der Waals surface area contributed by atoms with Gasteiger partial charge in [0.05, 0.1) is 32.0 Å². The molecule has 186 valence electrons. The number of carbonyl (C=O) groups excluding carboxylic acids is 2. The van der Waals surface area contributed by atoms with Crippen molar-refractivity contribution >= 4 is 18.0 Å². The quantitative estimate of drug-likeness (QED) is 0.624. The van der Waals surface area contributed by atoms with Gasteiger partial charge in [-0.05, 0) is 37.6 Å². The average molecular weight is 483 g/mol. The highest BCUT2D eigenvalue weighted by molar-refractivity contribution is 6.16. The molecule has 1 saturated heterocycles. The highest BCUT2D eigenvalue weighted by Crippen LogP contribution is 2.43. The Morgan fingerprint density at radius 3 is 2.57 bits per heavy atom. The van der Waals surface area contributed by atoms with Crippen molar-refractivity contribution < 1.29 is 33.6 Å². The molecule has 1 N–H and O–H groups in total. The van der Waals surface area contributed by atoms with Crippen LogP contribution in [-0.4, -0.2) is 73.8 Å². The largest absolute Gasteiger partial charge is 0.507 e. The van der Waals surface area contributed by atoms with E-state index in [2.05, 4.69) is 4.90 Å². The number of phenolic OH excluding ortho intramolecular Hbond substituents is 1. The first-order chi connectivity index (χ1) is 16.9. The van der Waals surface area contributed by atoms with Crippen molar-refractivity contribution in [3.05, 3.63) is 52.3 Å². The Morgan fingerprint density at radius 2 is 1.91 bits per heavy atom. The lowest BCUT2D eigenvalue weighted by molar-refractivity contribution is 0.0774. The van der Waals surface area contributed by atoms with E-state index < -0.39 is 0 Å². The summed E-state index contributed by atoms with van der Waals surface area (Å²) in [5.74, 6) is 1.37. The molecular weight excluding hydrogens is 452 g/mol. The first kappa shape index (κ1) is 24.4. The van der Waals surface area contributed by atoms with Gasteiger partial charge in [-0.1, -0.05) is 12.1 Å². The van der Waals surface area contributed by atoms with Crippen molar-refractivity contribution in [2.75, 3.05) is 47.0 Å². The molecule has 0 unspecified atom stereocenters. The van der Waals surface area contributed by atoms with Gasteiger partial charge in [0.15, 0.2) is 17.3 Å². The Kier molecular flexibility index (Phi) is 7.16. The summed E-state index contributed by atoms with van der Waals surface area (Å²) in [4.78, 5) is 29.1. The predicted octanol–water partition coefficient (Wildman–Crippen LogP) is 3.61. The summed E-state index contributed by atoms with van der Waals surface area (Å²) in [5, 5.41) is 10.8. The van der Waals surface area contributed by atoms with Gasteiger partial charge >= 0.3 is 6.09 Å². The van der Waals surface area contributed by atoms with Gasteiger partial charge < -0.3 is 29.0 Å². The Bertz CT molecular complexity index is 1170. The summed E-state index contributed by atoms with van der Waals surface area (Å²) in [5.41, 5.74) is 2.27. The molecule has 35 heavy (non-hydrogen) atoms. The number of Topliss-reactive ketones (excluding diaryl/α,β-unsaturated/α-hetero) is 1. The number of rotatable bonds is 6. The maximum Gasteiger partial charge on any atom is 0.409 e. The highest BCUT2D eigenvalue weighted by atomic mass is 16.6. The van der Waals surface area contributed by atoms with Crippen LogP contribution in [0, 0.1) is 6.92 Å². The number of ketones is 1. The summed E-state index contributed by atoms with van der Waals surface area (Å²) in [6.45, 7) is 6.54. The van der Waals surface area contributed by atoms with Crippen molar-refractivity contribution in [1.82, 2.24) is 9.80 Å². The van der Waals surface area contributed by atoms with Gasteiger partial charge in [-0.3, -0.25) is 9.69 Å². The topological polar surface area (TPSA) is 97.8 Å². The lowest BCUT2D eigenvalue weighted by Crippen LogP contribution is -2.48. The predicted molar refractivity (Wildman–Crippen MR) is 129 cm³/mol. The molecule has 2 aromatic carbocycles. The standard InChI is InChI=1S/C26H30N2O7/c1-5-34-26(31)28-11-9-27(10-12-28)15-18-19(29)13-16(2)22-23(30)21(35-25(18)22)14-17-7-6-8-20(32-3)24(17)33-4/h6-8,13-14,29H,5,9-12,15H2,1-4H3/b21-14+. The van der Waals surface area contributed by atoms with Crippen LogP contribution in [0.1, 0.15) is 34.0 Å². The third-order valence-corrected chi connectivity index (χ3v) is 6.22. The zero-order chi connectivity index (χ0) is 25.1. The van der Waals surface area contributed by atoms with Crippen molar-refractivity contribution in [3.8, 4) is 23.0 Å². The van der Waals surface area contributed by atoms with E-state index in [4.69, 9.17) is 18.9 Å². The number of para-hydroxylation sites is 1. The summed E-state index contributed by atoms with van der Waals surface area (Å²) >= 11 is 0. The molecule has 1 amide bonds. The number of nitrogens with zero attached hydrogens (tertiary/aromatic N) is 2. The third-order valence-electron chi connectivity index (χ3n) is 6.22. The van der Waals surface area contributed by atoms with Gasteiger partial charge in [-0.15, -0.1) is 0 Å². The Balaban J connectivity index is 1.60. The Hall–Kier alpha value is -3.72. The number of carbonyl (C=O) groups is 2. The maximum atomic E-state index is 13.3. The fourth-order valence-corrected chi connectivity index (χ4v) is 4.43. The second-order valence-electron chi connectivity index (χ2n) is 8.38. The van der Waals surface area contributed by atoms with E-state index in [9.17, 15) is 14.7 Å². The molecule has 2 heterocycles. The number of ether oxygens (including phenoxy) is 4. The van der Waals surface area contributed by atoms with Crippen LogP contribution >= 0.6 is 0 Å². The van der Waals surface area contributed by atoms with Crippen LogP contribution in [0.15, 0.2) is 30.0 Å². The van der Waals surface area contributed by atoms with Gasteiger partial charge in [0, 0.05) is 38.3 Å². The van der Waals surface area contributed by atoms with E-state index in [1.54, 1.807) is 50.1 Å². The number of benzene rings is 2. The molecule has 2 aliphatic heterocycles. The number of hydrogen-bond acceptors (Lipinski definition) is 8. The zero-order valence-electron chi connectivity index (χ0n) is 20.4. The van der Waals surface area contributed by atoms with Crippen LogP contribution < -0.4 is 14.2 Å². The van der Waals surface area contributed by atoms with Gasteiger partial charge in [0.1, 0.15) is 11.5 Å². The van der Waals surface area contributed by atoms with E-state index in [-0.39, 0.29) is 23.4 Å². The molecule has 0 atom stereocenters. The number of methoxy groups -OCH3 is 2. The van der Waals surface area contributed by atoms with Gasteiger partial charge in [0.2, 0.25) is 5.78 Å². The van der Waals surface area contributed by atoms with E-state index in [0.717, 1.165) is 0 Å².